The molecule has 0 aliphatic rings. The lowest BCUT2D eigenvalue weighted by Crippen LogP contribution is -2.10. The first-order chi connectivity index (χ1) is 8.41. The average Bonchev–Trinajstić information content (AvgIpc) is 2.66. The fraction of sp³-hybridized carbons (Fsp3) is 0.429. The number of nitrogens with zero attached hydrogens (tertiary/aromatic N) is 2. The molecule has 0 aliphatic heterocycles. The van der Waals surface area contributed by atoms with Crippen LogP contribution < -0.4 is 0 Å². The van der Waals surface area contributed by atoms with E-state index in [-0.39, 0.29) is 17.6 Å². The van der Waals surface area contributed by atoms with Crippen molar-refractivity contribution in [1.82, 2.24) is 9.61 Å². The highest BCUT2D eigenvalue weighted by Crippen LogP contribution is 2.26. The third-order valence-electron chi connectivity index (χ3n) is 2.94. The Bertz CT molecular complexity index is 599. The van der Waals surface area contributed by atoms with Gasteiger partial charge in [0.1, 0.15) is 0 Å². The Balaban J connectivity index is 2.74. The summed E-state index contributed by atoms with van der Waals surface area (Å²) >= 11 is 3.42. The van der Waals surface area contributed by atoms with Crippen LogP contribution in [-0.4, -0.2) is 15.4 Å². The highest BCUT2D eigenvalue weighted by atomic mass is 79.9. The summed E-state index contributed by atoms with van der Waals surface area (Å²) < 4.78 is 2.74. The fourth-order valence-corrected chi connectivity index (χ4v) is 2.31. The molecule has 3 nitrogen and oxygen atoms in total. The van der Waals surface area contributed by atoms with E-state index in [4.69, 9.17) is 0 Å². The van der Waals surface area contributed by atoms with Crippen LogP contribution in [0.15, 0.2) is 22.8 Å². The van der Waals surface area contributed by atoms with Crippen LogP contribution in [0, 0.1) is 5.92 Å². The molecule has 0 saturated carbocycles. The van der Waals surface area contributed by atoms with Gasteiger partial charge in [-0.15, -0.1) is 0 Å². The maximum absolute atomic E-state index is 12.4. The number of halogens is 1. The van der Waals surface area contributed by atoms with Gasteiger partial charge in [-0.2, -0.15) is 5.10 Å². The Kier molecular flexibility index (Phi) is 3.57. The number of aromatic nitrogens is 2. The third-order valence-corrected chi connectivity index (χ3v) is 3.41. The van der Waals surface area contributed by atoms with Gasteiger partial charge in [-0.25, -0.2) is 4.52 Å². The molecule has 2 aromatic heterocycles. The van der Waals surface area contributed by atoms with Gasteiger partial charge in [0, 0.05) is 16.6 Å². The van der Waals surface area contributed by atoms with Crippen molar-refractivity contribution in [3.63, 3.8) is 0 Å². The summed E-state index contributed by atoms with van der Waals surface area (Å²) in [5.74, 6) is 0.386. The van der Waals surface area contributed by atoms with Crippen molar-refractivity contribution in [3.8, 4) is 0 Å². The zero-order valence-electron chi connectivity index (χ0n) is 11.1. The quantitative estimate of drug-likeness (QED) is 0.801. The zero-order chi connectivity index (χ0) is 13.4. The van der Waals surface area contributed by atoms with Gasteiger partial charge < -0.3 is 0 Å². The number of Topliss-reactive ketones (excluding diaryl/α,β-unsaturated/α-hetero) is 1. The van der Waals surface area contributed by atoms with Crippen molar-refractivity contribution < 1.29 is 4.79 Å². The van der Waals surface area contributed by atoms with E-state index in [9.17, 15) is 4.79 Å². The summed E-state index contributed by atoms with van der Waals surface area (Å²) in [6.07, 6.45) is 1.89. The Morgan fingerprint density at radius 1 is 1.28 bits per heavy atom. The van der Waals surface area contributed by atoms with Crippen LogP contribution >= 0.6 is 15.9 Å². The van der Waals surface area contributed by atoms with E-state index in [2.05, 4.69) is 34.9 Å². The minimum absolute atomic E-state index is 0.0147. The molecule has 2 heterocycles. The molecule has 0 atom stereocenters. The Labute approximate surface area is 115 Å². The number of hydrogen-bond donors (Lipinski definition) is 0. The third kappa shape index (κ3) is 2.21. The number of carbonyl (C=O) groups is 1. The van der Waals surface area contributed by atoms with E-state index in [1.807, 2.05) is 32.2 Å². The van der Waals surface area contributed by atoms with Crippen molar-refractivity contribution in [2.45, 2.75) is 33.6 Å². The first kappa shape index (κ1) is 13.3. The number of hydrogen-bond acceptors (Lipinski definition) is 2. The Hall–Kier alpha value is -1.16. The van der Waals surface area contributed by atoms with Gasteiger partial charge in [0.2, 0.25) is 0 Å². The van der Waals surface area contributed by atoms with Crippen LogP contribution in [0.2, 0.25) is 0 Å². The molecule has 0 amide bonds. The lowest BCUT2D eigenvalue weighted by Gasteiger charge is -2.07. The van der Waals surface area contributed by atoms with Gasteiger partial charge >= 0.3 is 0 Å². The van der Waals surface area contributed by atoms with Gasteiger partial charge in [-0.1, -0.05) is 27.7 Å². The highest BCUT2D eigenvalue weighted by Gasteiger charge is 2.23. The van der Waals surface area contributed by atoms with Crippen LogP contribution in [-0.2, 0) is 0 Å². The average molecular weight is 309 g/mol. The van der Waals surface area contributed by atoms with Gasteiger partial charge in [0.05, 0.1) is 16.8 Å². The Morgan fingerprint density at radius 3 is 2.50 bits per heavy atom. The molecule has 0 saturated heterocycles. The maximum Gasteiger partial charge on any atom is 0.169 e. The van der Waals surface area contributed by atoms with Crippen molar-refractivity contribution >= 4 is 27.2 Å². The predicted molar refractivity (Wildman–Crippen MR) is 76.1 cm³/mol. The normalized spacial score (nSPS) is 11.7. The molecular formula is C14H17BrN2O. The summed E-state index contributed by atoms with van der Waals surface area (Å²) in [6.45, 7) is 7.98. The van der Waals surface area contributed by atoms with Gasteiger partial charge in [-0.05, 0) is 34.0 Å². The molecule has 0 unspecified atom stereocenters. The van der Waals surface area contributed by atoms with Crippen LogP contribution in [0.25, 0.3) is 5.52 Å². The molecule has 0 radical (unpaired) electrons. The molecule has 0 aliphatic carbocycles. The van der Waals surface area contributed by atoms with Crippen LogP contribution in [0.5, 0.6) is 0 Å². The number of rotatable bonds is 3. The minimum Gasteiger partial charge on any atom is -0.294 e. The van der Waals surface area contributed by atoms with Crippen molar-refractivity contribution in [2.24, 2.45) is 5.92 Å². The molecule has 2 rings (SSSR count). The second-order valence-corrected chi connectivity index (χ2v) is 6.03. The molecular weight excluding hydrogens is 292 g/mol. The molecule has 18 heavy (non-hydrogen) atoms. The SMILES string of the molecule is CC(C)C(=O)c1c(C(C)C)nn2cc(Br)ccc12. The molecule has 2 aromatic rings. The predicted octanol–water partition coefficient (Wildman–Crippen LogP) is 4.06. The van der Waals surface area contributed by atoms with E-state index in [0.717, 1.165) is 21.2 Å². The molecule has 96 valence electrons. The van der Waals surface area contributed by atoms with E-state index in [1.165, 1.54) is 0 Å². The van der Waals surface area contributed by atoms with Crippen molar-refractivity contribution in [1.29, 1.82) is 0 Å². The molecule has 4 heteroatoms. The Morgan fingerprint density at radius 2 is 1.94 bits per heavy atom. The summed E-state index contributed by atoms with van der Waals surface area (Å²) in [7, 11) is 0. The van der Waals surface area contributed by atoms with Crippen LogP contribution in [0.3, 0.4) is 0 Å². The lowest BCUT2D eigenvalue weighted by atomic mass is 9.95. The first-order valence-corrected chi connectivity index (χ1v) is 6.93. The molecule has 0 N–H and O–H groups in total. The van der Waals surface area contributed by atoms with E-state index in [1.54, 1.807) is 4.52 Å². The summed E-state index contributed by atoms with van der Waals surface area (Å²) in [5, 5.41) is 4.54. The number of pyridine rings is 1. The monoisotopic (exact) mass is 308 g/mol. The van der Waals surface area contributed by atoms with Gasteiger partial charge in [0.15, 0.2) is 5.78 Å². The van der Waals surface area contributed by atoms with Gasteiger partial charge in [-0.3, -0.25) is 4.79 Å². The van der Waals surface area contributed by atoms with Crippen molar-refractivity contribution in [3.05, 3.63) is 34.1 Å². The standard InChI is InChI=1S/C14H17BrN2O/c1-8(2)13-12(14(18)9(3)4)11-6-5-10(15)7-17(11)16-13/h5-9H,1-4H3. The summed E-state index contributed by atoms with van der Waals surface area (Å²) in [5.41, 5.74) is 2.54. The summed E-state index contributed by atoms with van der Waals surface area (Å²) in [4.78, 5) is 12.4. The van der Waals surface area contributed by atoms with E-state index in [0.29, 0.717) is 0 Å². The van der Waals surface area contributed by atoms with Crippen LogP contribution in [0.4, 0.5) is 0 Å². The first-order valence-electron chi connectivity index (χ1n) is 6.13. The summed E-state index contributed by atoms with van der Waals surface area (Å²) in [6, 6.07) is 3.89. The smallest absolute Gasteiger partial charge is 0.169 e. The van der Waals surface area contributed by atoms with Crippen molar-refractivity contribution in [2.75, 3.05) is 0 Å². The van der Waals surface area contributed by atoms with E-state index < -0.39 is 0 Å². The highest BCUT2D eigenvalue weighted by molar-refractivity contribution is 9.10. The minimum atomic E-state index is -0.0147. The largest absolute Gasteiger partial charge is 0.294 e. The number of carbonyl (C=O) groups excluding carboxylic acids is 1. The van der Waals surface area contributed by atoms with E-state index >= 15 is 0 Å². The lowest BCUT2D eigenvalue weighted by molar-refractivity contribution is 0.0939. The zero-order valence-corrected chi connectivity index (χ0v) is 12.7. The second kappa shape index (κ2) is 4.84. The molecule has 0 fully saturated rings. The second-order valence-electron chi connectivity index (χ2n) is 5.11. The topological polar surface area (TPSA) is 34.4 Å². The molecule has 0 bridgehead atoms. The number of ketones is 1. The van der Waals surface area contributed by atoms with Crippen LogP contribution in [0.1, 0.15) is 49.7 Å². The van der Waals surface area contributed by atoms with Gasteiger partial charge in [0.25, 0.3) is 0 Å². The maximum atomic E-state index is 12.4. The molecule has 0 spiro atoms. The fourth-order valence-electron chi connectivity index (χ4n) is 1.99. The molecule has 0 aromatic carbocycles. The number of fused-ring (bicyclic) bond motifs is 1.